The van der Waals surface area contributed by atoms with Crippen molar-refractivity contribution in [3.05, 3.63) is 29.3 Å². The molecule has 1 aliphatic heterocycles. The number of hydrogen-bond acceptors (Lipinski definition) is 3. The predicted octanol–water partition coefficient (Wildman–Crippen LogP) is 1.71. The van der Waals surface area contributed by atoms with Gasteiger partial charge < -0.3 is 16.4 Å². The number of benzene rings is 1. The van der Waals surface area contributed by atoms with Crippen molar-refractivity contribution in [2.45, 2.75) is 38.1 Å². The summed E-state index contributed by atoms with van der Waals surface area (Å²) in [5, 5.41) is 5.88. The lowest BCUT2D eigenvalue weighted by atomic mass is 9.86. The van der Waals surface area contributed by atoms with Gasteiger partial charge in [-0.05, 0) is 48.9 Å². The van der Waals surface area contributed by atoms with Crippen molar-refractivity contribution in [2.75, 3.05) is 12.3 Å². The maximum atomic E-state index is 12.4. The lowest BCUT2D eigenvalue weighted by Gasteiger charge is -2.29. The van der Waals surface area contributed by atoms with Crippen LogP contribution in [0, 0.1) is 5.92 Å². The minimum Gasteiger partial charge on any atom is -0.399 e. The summed E-state index contributed by atoms with van der Waals surface area (Å²) in [7, 11) is 0. The van der Waals surface area contributed by atoms with Crippen LogP contribution in [0.4, 0.5) is 5.69 Å². The molecule has 0 spiro atoms. The van der Waals surface area contributed by atoms with Crippen molar-refractivity contribution < 1.29 is 9.59 Å². The molecule has 1 saturated heterocycles. The molecule has 1 aliphatic carbocycles. The quantitative estimate of drug-likeness (QED) is 0.724. The molecule has 1 aromatic rings. The molecule has 0 bridgehead atoms. The van der Waals surface area contributed by atoms with E-state index in [0.29, 0.717) is 13.0 Å². The molecular formula is C16H22ClN3O2. The summed E-state index contributed by atoms with van der Waals surface area (Å²) in [4.78, 5) is 23.8. The van der Waals surface area contributed by atoms with Gasteiger partial charge in [-0.3, -0.25) is 9.59 Å². The first-order valence-corrected chi connectivity index (χ1v) is 7.59. The summed E-state index contributed by atoms with van der Waals surface area (Å²) in [5.74, 6) is -0.226. The van der Waals surface area contributed by atoms with Gasteiger partial charge in [0.25, 0.3) is 0 Å². The first kappa shape index (κ1) is 16.6. The van der Waals surface area contributed by atoms with Crippen LogP contribution in [0.2, 0.25) is 0 Å². The third kappa shape index (κ3) is 3.53. The summed E-state index contributed by atoms with van der Waals surface area (Å²) >= 11 is 0. The fourth-order valence-corrected chi connectivity index (χ4v) is 3.28. The second kappa shape index (κ2) is 7.01. The van der Waals surface area contributed by atoms with Gasteiger partial charge in [-0.25, -0.2) is 0 Å². The molecule has 22 heavy (non-hydrogen) atoms. The Bertz CT molecular complexity index is 577. The number of nitrogens with one attached hydrogen (secondary N) is 2. The third-order valence-corrected chi connectivity index (χ3v) is 4.42. The van der Waals surface area contributed by atoms with Gasteiger partial charge in [-0.15, -0.1) is 12.4 Å². The molecule has 2 amide bonds. The molecule has 120 valence electrons. The van der Waals surface area contributed by atoms with E-state index in [2.05, 4.69) is 10.6 Å². The highest BCUT2D eigenvalue weighted by molar-refractivity contribution is 5.87. The van der Waals surface area contributed by atoms with Gasteiger partial charge in [-0.1, -0.05) is 6.07 Å². The number of hydrogen-bond donors (Lipinski definition) is 3. The summed E-state index contributed by atoms with van der Waals surface area (Å²) in [6, 6.07) is 5.95. The molecule has 3 rings (SSSR count). The van der Waals surface area contributed by atoms with E-state index in [9.17, 15) is 9.59 Å². The first-order chi connectivity index (χ1) is 10.1. The second-order valence-electron chi connectivity index (χ2n) is 5.95. The van der Waals surface area contributed by atoms with Gasteiger partial charge >= 0.3 is 0 Å². The van der Waals surface area contributed by atoms with Crippen LogP contribution in [0.5, 0.6) is 0 Å². The smallest absolute Gasteiger partial charge is 0.224 e. The highest BCUT2D eigenvalue weighted by Gasteiger charge is 2.29. The van der Waals surface area contributed by atoms with E-state index in [0.717, 1.165) is 31.4 Å². The molecule has 2 unspecified atom stereocenters. The lowest BCUT2D eigenvalue weighted by molar-refractivity contribution is -0.132. The average molecular weight is 324 g/mol. The number of nitrogen functional groups attached to an aromatic ring is 1. The van der Waals surface area contributed by atoms with E-state index in [4.69, 9.17) is 5.73 Å². The largest absolute Gasteiger partial charge is 0.399 e. The van der Waals surface area contributed by atoms with Crippen LogP contribution in [0.25, 0.3) is 0 Å². The summed E-state index contributed by atoms with van der Waals surface area (Å²) in [6.45, 7) is 0.592. The van der Waals surface area contributed by atoms with Gasteiger partial charge in [0.15, 0.2) is 0 Å². The summed E-state index contributed by atoms with van der Waals surface area (Å²) in [6.07, 6.45) is 4.03. The summed E-state index contributed by atoms with van der Waals surface area (Å²) in [5.41, 5.74) is 9.00. The maximum Gasteiger partial charge on any atom is 0.224 e. The number of amides is 2. The zero-order chi connectivity index (χ0) is 14.8. The van der Waals surface area contributed by atoms with Crippen molar-refractivity contribution in [3.63, 3.8) is 0 Å². The van der Waals surface area contributed by atoms with Crippen molar-refractivity contribution in [1.82, 2.24) is 10.6 Å². The molecule has 2 aliphatic rings. The highest BCUT2D eigenvalue weighted by Crippen LogP contribution is 2.31. The zero-order valence-electron chi connectivity index (χ0n) is 12.4. The fraction of sp³-hybridized carbons (Fsp3) is 0.500. The van der Waals surface area contributed by atoms with Crippen molar-refractivity contribution in [3.8, 4) is 0 Å². The van der Waals surface area contributed by atoms with Crippen LogP contribution in [0.1, 0.15) is 42.9 Å². The van der Waals surface area contributed by atoms with E-state index >= 15 is 0 Å². The standard InChI is InChI=1S/C16H21N3O2.ClH/c17-12-4-5-13-10(8-12)2-1-3-14(13)19-16(21)11-6-7-18-15(20)9-11;/h4-5,8,11,14H,1-3,6-7,9,17H2,(H,18,20)(H,19,21);1H. The van der Waals surface area contributed by atoms with E-state index in [1.54, 1.807) is 0 Å². The highest BCUT2D eigenvalue weighted by atomic mass is 35.5. The number of halogens is 1. The number of fused-ring (bicyclic) bond motifs is 1. The lowest BCUT2D eigenvalue weighted by Crippen LogP contribution is -2.42. The third-order valence-electron chi connectivity index (χ3n) is 4.42. The molecule has 4 N–H and O–H groups in total. The topological polar surface area (TPSA) is 84.2 Å². The molecular weight excluding hydrogens is 302 g/mol. The number of nitrogens with two attached hydrogens (primary N) is 1. The Morgan fingerprint density at radius 1 is 1.32 bits per heavy atom. The van der Waals surface area contributed by atoms with E-state index in [1.807, 2.05) is 18.2 Å². The molecule has 1 fully saturated rings. The van der Waals surface area contributed by atoms with Crippen LogP contribution < -0.4 is 16.4 Å². The number of piperidine rings is 1. The molecule has 0 aromatic heterocycles. The minimum absolute atomic E-state index is 0. The molecule has 5 nitrogen and oxygen atoms in total. The van der Waals surface area contributed by atoms with Gasteiger partial charge in [0, 0.05) is 24.6 Å². The Morgan fingerprint density at radius 3 is 2.91 bits per heavy atom. The molecule has 1 heterocycles. The van der Waals surface area contributed by atoms with E-state index in [-0.39, 0.29) is 36.2 Å². The van der Waals surface area contributed by atoms with Crippen LogP contribution in [-0.4, -0.2) is 18.4 Å². The van der Waals surface area contributed by atoms with Crippen molar-refractivity contribution in [1.29, 1.82) is 0 Å². The number of carbonyl (C=O) groups is 2. The predicted molar refractivity (Wildman–Crippen MR) is 87.7 cm³/mol. The number of rotatable bonds is 2. The molecule has 1 aromatic carbocycles. The molecule has 2 atom stereocenters. The fourth-order valence-electron chi connectivity index (χ4n) is 3.28. The Balaban J connectivity index is 0.00000176. The Kier molecular flexibility index (Phi) is 5.29. The molecule has 0 saturated carbocycles. The summed E-state index contributed by atoms with van der Waals surface area (Å²) < 4.78 is 0. The van der Waals surface area contributed by atoms with Crippen molar-refractivity contribution in [2.24, 2.45) is 5.92 Å². The van der Waals surface area contributed by atoms with E-state index < -0.39 is 0 Å². The van der Waals surface area contributed by atoms with E-state index in [1.165, 1.54) is 11.1 Å². The van der Waals surface area contributed by atoms with Gasteiger partial charge in [0.2, 0.25) is 11.8 Å². The molecule has 6 heteroatoms. The van der Waals surface area contributed by atoms with Gasteiger partial charge in [0.05, 0.1) is 6.04 Å². The number of aryl methyl sites for hydroxylation is 1. The van der Waals surface area contributed by atoms with Crippen LogP contribution in [0.15, 0.2) is 18.2 Å². The zero-order valence-corrected chi connectivity index (χ0v) is 13.2. The Hall–Kier alpha value is -1.75. The van der Waals surface area contributed by atoms with Crippen LogP contribution in [0.3, 0.4) is 0 Å². The number of anilines is 1. The van der Waals surface area contributed by atoms with Crippen LogP contribution in [-0.2, 0) is 16.0 Å². The SMILES string of the molecule is Cl.Nc1ccc2c(c1)CCCC2NC(=O)C1CCNC(=O)C1. The van der Waals surface area contributed by atoms with Gasteiger partial charge in [-0.2, -0.15) is 0 Å². The first-order valence-electron chi connectivity index (χ1n) is 7.59. The maximum absolute atomic E-state index is 12.4. The molecule has 0 radical (unpaired) electrons. The van der Waals surface area contributed by atoms with Crippen LogP contribution >= 0.6 is 12.4 Å². The minimum atomic E-state index is -0.196. The monoisotopic (exact) mass is 323 g/mol. The Labute approximate surface area is 136 Å². The average Bonchev–Trinajstić information content (AvgIpc) is 2.47. The normalized spacial score (nSPS) is 23.7. The second-order valence-corrected chi connectivity index (χ2v) is 5.95. The Morgan fingerprint density at radius 2 is 2.14 bits per heavy atom. The van der Waals surface area contributed by atoms with Gasteiger partial charge in [0.1, 0.15) is 0 Å². The number of carbonyl (C=O) groups excluding carboxylic acids is 2. The van der Waals surface area contributed by atoms with Crippen molar-refractivity contribution >= 4 is 29.9 Å².